The van der Waals surface area contributed by atoms with Crippen LogP contribution >= 0.6 is 11.6 Å². The summed E-state index contributed by atoms with van der Waals surface area (Å²) in [7, 11) is 0. The molecule has 0 bridgehead atoms. The van der Waals surface area contributed by atoms with Crippen LogP contribution in [0.3, 0.4) is 0 Å². The molecule has 1 aliphatic carbocycles. The number of halogens is 4. The van der Waals surface area contributed by atoms with Gasteiger partial charge in [0.15, 0.2) is 11.5 Å². The highest BCUT2D eigenvalue weighted by molar-refractivity contribution is 6.19. The number of hydrogen-bond acceptors (Lipinski definition) is 3. The van der Waals surface area contributed by atoms with Crippen LogP contribution in [-0.4, -0.2) is 26.0 Å². The van der Waals surface area contributed by atoms with E-state index in [1.165, 1.54) is 16.9 Å². The quantitative estimate of drug-likeness (QED) is 0.885. The molecule has 4 nitrogen and oxygen atoms in total. The first-order chi connectivity index (χ1) is 9.43. The first kappa shape index (κ1) is 13.5. The molecule has 8 heteroatoms. The topological polar surface area (TPSA) is 42.2 Å². The molecule has 20 heavy (non-hydrogen) atoms. The number of hydrogen-bond donors (Lipinski definition) is 1. The Morgan fingerprint density at radius 2 is 2.15 bits per heavy atom. The fourth-order valence-electron chi connectivity index (χ4n) is 2.30. The van der Waals surface area contributed by atoms with Crippen molar-refractivity contribution in [3.05, 3.63) is 24.2 Å². The Balaban J connectivity index is 2.01. The highest BCUT2D eigenvalue weighted by Crippen LogP contribution is 2.37. The highest BCUT2D eigenvalue weighted by atomic mass is 35.5. The summed E-state index contributed by atoms with van der Waals surface area (Å²) in [5, 5.41) is 6.70. The molecule has 0 radical (unpaired) electrons. The Morgan fingerprint density at radius 1 is 1.40 bits per heavy atom. The molecule has 0 atom stereocenters. The lowest BCUT2D eigenvalue weighted by Crippen LogP contribution is -2.47. The van der Waals surface area contributed by atoms with Crippen LogP contribution in [0.15, 0.2) is 18.5 Å². The minimum atomic E-state index is -4.47. The Labute approximate surface area is 117 Å². The van der Waals surface area contributed by atoms with Gasteiger partial charge in [-0.3, -0.25) is 0 Å². The van der Waals surface area contributed by atoms with Gasteiger partial charge in [-0.1, -0.05) is 0 Å². The molecule has 1 N–H and O–H groups in total. The van der Waals surface area contributed by atoms with Crippen LogP contribution in [0, 0.1) is 0 Å². The first-order valence-electron chi connectivity index (χ1n) is 6.19. The zero-order valence-corrected chi connectivity index (χ0v) is 11.2. The van der Waals surface area contributed by atoms with Gasteiger partial charge in [0, 0.05) is 24.3 Å². The molecule has 2 heterocycles. The summed E-state index contributed by atoms with van der Waals surface area (Å²) >= 11 is 5.95. The number of anilines is 1. The molecule has 0 spiro atoms. The fourth-order valence-corrected chi connectivity index (χ4v) is 2.64. The summed E-state index contributed by atoms with van der Waals surface area (Å²) in [4.78, 5) is 4.12. The molecule has 1 fully saturated rings. The monoisotopic (exact) mass is 304 g/mol. The minimum absolute atomic E-state index is 0.265. The molecule has 0 saturated heterocycles. The van der Waals surface area contributed by atoms with E-state index < -0.39 is 11.9 Å². The normalized spacial score (nSPS) is 18.0. The van der Waals surface area contributed by atoms with Gasteiger partial charge in [-0.25, -0.2) is 9.50 Å². The second kappa shape index (κ2) is 4.51. The van der Waals surface area contributed by atoms with Gasteiger partial charge in [-0.05, 0) is 19.3 Å². The van der Waals surface area contributed by atoms with Crippen LogP contribution in [0.1, 0.15) is 25.0 Å². The van der Waals surface area contributed by atoms with E-state index >= 15 is 0 Å². The summed E-state index contributed by atoms with van der Waals surface area (Å²) < 4.78 is 39.3. The highest BCUT2D eigenvalue weighted by Gasteiger charge is 2.38. The van der Waals surface area contributed by atoms with Gasteiger partial charge in [-0.2, -0.15) is 18.3 Å². The molecule has 0 aromatic carbocycles. The molecule has 0 unspecified atom stereocenters. The lowest BCUT2D eigenvalue weighted by Gasteiger charge is -2.41. The molecule has 108 valence electrons. The third-order valence-electron chi connectivity index (χ3n) is 3.63. The number of aromatic nitrogens is 3. The van der Waals surface area contributed by atoms with Gasteiger partial charge in [0.25, 0.3) is 0 Å². The molecule has 2 aromatic rings. The summed E-state index contributed by atoms with van der Waals surface area (Å²) in [5.74, 6) is 0.784. The predicted octanol–water partition coefficient (Wildman–Crippen LogP) is 3.32. The van der Waals surface area contributed by atoms with Crippen LogP contribution < -0.4 is 5.32 Å². The van der Waals surface area contributed by atoms with Crippen molar-refractivity contribution in [2.75, 3.05) is 11.2 Å². The molecule has 1 saturated carbocycles. The lowest BCUT2D eigenvalue weighted by atomic mass is 9.78. The van der Waals surface area contributed by atoms with Crippen LogP contribution in [-0.2, 0) is 6.18 Å². The molecular formula is C12H12ClF3N4. The van der Waals surface area contributed by atoms with Crippen molar-refractivity contribution in [1.82, 2.24) is 14.6 Å². The summed E-state index contributed by atoms with van der Waals surface area (Å²) in [5.41, 5.74) is -0.891. The van der Waals surface area contributed by atoms with Crippen molar-refractivity contribution in [3.63, 3.8) is 0 Å². The Bertz CT molecular complexity index is 628. The molecular weight excluding hydrogens is 293 g/mol. The largest absolute Gasteiger partial charge is 0.435 e. The van der Waals surface area contributed by atoms with Gasteiger partial charge in [-0.15, -0.1) is 11.6 Å². The van der Waals surface area contributed by atoms with E-state index in [9.17, 15) is 13.2 Å². The van der Waals surface area contributed by atoms with Gasteiger partial charge in [0.05, 0.1) is 5.54 Å². The summed E-state index contributed by atoms with van der Waals surface area (Å²) in [6.07, 6.45) is 1.17. The Hall–Kier alpha value is -1.50. The van der Waals surface area contributed by atoms with Crippen molar-refractivity contribution >= 4 is 22.9 Å². The maximum Gasteiger partial charge on any atom is 0.435 e. The number of fused-ring (bicyclic) bond motifs is 1. The summed E-state index contributed by atoms with van der Waals surface area (Å²) in [6, 6.07) is 0.996. The van der Waals surface area contributed by atoms with Gasteiger partial charge in [0.1, 0.15) is 5.52 Å². The number of rotatable bonds is 3. The maximum absolute atomic E-state index is 12.7. The second-order valence-corrected chi connectivity index (χ2v) is 5.29. The molecule has 0 amide bonds. The van der Waals surface area contributed by atoms with Crippen molar-refractivity contribution in [3.8, 4) is 0 Å². The molecule has 0 aliphatic heterocycles. The van der Waals surface area contributed by atoms with E-state index in [0.29, 0.717) is 17.2 Å². The Morgan fingerprint density at radius 3 is 2.70 bits per heavy atom. The lowest BCUT2D eigenvalue weighted by molar-refractivity contribution is -0.141. The van der Waals surface area contributed by atoms with Crippen molar-refractivity contribution in [1.29, 1.82) is 0 Å². The van der Waals surface area contributed by atoms with Crippen LogP contribution in [0.25, 0.3) is 5.52 Å². The van der Waals surface area contributed by atoms with E-state index in [0.717, 1.165) is 25.3 Å². The zero-order valence-electron chi connectivity index (χ0n) is 10.4. The Kier molecular flexibility index (Phi) is 3.04. The third kappa shape index (κ3) is 2.19. The van der Waals surface area contributed by atoms with Crippen LogP contribution in [0.2, 0.25) is 0 Å². The number of alkyl halides is 4. The van der Waals surface area contributed by atoms with E-state index in [1.54, 1.807) is 0 Å². The average molecular weight is 305 g/mol. The fraction of sp³-hybridized carbons (Fsp3) is 0.500. The van der Waals surface area contributed by atoms with Crippen molar-refractivity contribution < 1.29 is 13.2 Å². The number of nitrogens with zero attached hydrogens (tertiary/aromatic N) is 3. The zero-order chi connectivity index (χ0) is 14.4. The molecule has 3 rings (SSSR count). The van der Waals surface area contributed by atoms with Crippen molar-refractivity contribution in [2.24, 2.45) is 0 Å². The van der Waals surface area contributed by atoms with Gasteiger partial charge < -0.3 is 5.32 Å². The van der Waals surface area contributed by atoms with E-state index in [2.05, 4.69) is 15.4 Å². The summed E-state index contributed by atoms with van der Waals surface area (Å²) in [6.45, 7) is 0. The third-order valence-corrected chi connectivity index (χ3v) is 4.14. The van der Waals surface area contributed by atoms with E-state index in [1.807, 2.05) is 0 Å². The first-order valence-corrected chi connectivity index (χ1v) is 6.73. The number of nitrogens with one attached hydrogen (secondary N) is 1. The molecule has 1 aliphatic rings. The standard InChI is InChI=1S/C12H12ClF3N4/c13-7-11(2-1-3-11)18-10-8-6-9(12(14,15)16)19-20(8)5-4-17-10/h4-6H,1-3,7H2,(H,17,18). The van der Waals surface area contributed by atoms with E-state index in [-0.39, 0.29) is 5.54 Å². The predicted molar refractivity (Wildman–Crippen MR) is 68.9 cm³/mol. The smallest absolute Gasteiger partial charge is 0.362 e. The van der Waals surface area contributed by atoms with Crippen molar-refractivity contribution in [2.45, 2.75) is 31.0 Å². The SMILES string of the molecule is FC(F)(F)c1cc2c(NC3(CCl)CCC3)nccn2n1. The molecule has 2 aromatic heterocycles. The van der Waals surface area contributed by atoms with E-state index in [4.69, 9.17) is 11.6 Å². The van der Waals surface area contributed by atoms with Crippen LogP contribution in [0.4, 0.5) is 19.0 Å². The van der Waals surface area contributed by atoms with Gasteiger partial charge >= 0.3 is 6.18 Å². The average Bonchev–Trinajstić information content (AvgIpc) is 2.78. The van der Waals surface area contributed by atoms with Gasteiger partial charge in [0.2, 0.25) is 0 Å². The minimum Gasteiger partial charge on any atom is -0.362 e. The van der Waals surface area contributed by atoms with Crippen LogP contribution in [0.5, 0.6) is 0 Å². The maximum atomic E-state index is 12.7. The second-order valence-electron chi connectivity index (χ2n) is 5.03.